The first kappa shape index (κ1) is 17.8. The van der Waals surface area contributed by atoms with E-state index >= 15 is 0 Å². The molecule has 2 fully saturated rings. The Morgan fingerprint density at radius 1 is 1.19 bits per heavy atom. The Morgan fingerprint density at radius 2 is 1.93 bits per heavy atom. The van der Waals surface area contributed by atoms with Crippen molar-refractivity contribution in [2.24, 2.45) is 5.41 Å². The van der Waals surface area contributed by atoms with Gasteiger partial charge in [-0.05, 0) is 42.7 Å². The van der Waals surface area contributed by atoms with Gasteiger partial charge in [0.05, 0.1) is 5.56 Å². The number of pyridine rings is 1. The monoisotopic (exact) mass is 380 g/mol. The van der Waals surface area contributed by atoms with Crippen molar-refractivity contribution >= 4 is 23.3 Å². The number of hydrogen-bond acceptors (Lipinski definition) is 4. The SMILES string of the molecule is N#Cc1cccnc1N1CCC2(CC1)CC(=O)N(Cc1ccc(Cl)cc1)C2. The third-order valence-electron chi connectivity index (χ3n) is 5.72. The fourth-order valence-electron chi connectivity index (χ4n) is 4.20. The second kappa shape index (κ2) is 7.21. The first-order chi connectivity index (χ1) is 13.1. The number of aromatic nitrogens is 1. The molecule has 2 saturated heterocycles. The highest BCUT2D eigenvalue weighted by atomic mass is 35.5. The lowest BCUT2D eigenvalue weighted by Crippen LogP contribution is -2.42. The topological polar surface area (TPSA) is 60.2 Å². The van der Waals surface area contributed by atoms with Crippen molar-refractivity contribution in [3.8, 4) is 6.07 Å². The molecule has 5 nitrogen and oxygen atoms in total. The highest BCUT2D eigenvalue weighted by molar-refractivity contribution is 6.30. The zero-order valence-electron chi connectivity index (χ0n) is 15.1. The van der Waals surface area contributed by atoms with Crippen LogP contribution in [0.25, 0.3) is 0 Å². The maximum atomic E-state index is 12.6. The van der Waals surface area contributed by atoms with Gasteiger partial charge in [0.2, 0.25) is 5.91 Å². The van der Waals surface area contributed by atoms with Crippen molar-refractivity contribution in [3.05, 3.63) is 58.7 Å². The number of nitrogens with zero attached hydrogens (tertiary/aromatic N) is 4. The largest absolute Gasteiger partial charge is 0.355 e. The minimum Gasteiger partial charge on any atom is -0.355 e. The first-order valence-electron chi connectivity index (χ1n) is 9.21. The number of benzene rings is 1. The molecule has 3 heterocycles. The summed E-state index contributed by atoms with van der Waals surface area (Å²) in [6, 6.07) is 13.5. The molecular weight excluding hydrogens is 360 g/mol. The van der Waals surface area contributed by atoms with Gasteiger partial charge in [-0.15, -0.1) is 0 Å². The zero-order valence-corrected chi connectivity index (χ0v) is 15.8. The maximum absolute atomic E-state index is 12.6. The van der Waals surface area contributed by atoms with Crippen LogP contribution in [0.5, 0.6) is 0 Å². The Morgan fingerprint density at radius 3 is 2.63 bits per heavy atom. The van der Waals surface area contributed by atoms with E-state index in [0.29, 0.717) is 23.6 Å². The number of carbonyl (C=O) groups is 1. The van der Waals surface area contributed by atoms with Gasteiger partial charge >= 0.3 is 0 Å². The van der Waals surface area contributed by atoms with Crippen LogP contribution < -0.4 is 4.90 Å². The van der Waals surface area contributed by atoms with E-state index in [-0.39, 0.29) is 11.3 Å². The number of likely N-dealkylation sites (tertiary alicyclic amines) is 1. The fourth-order valence-corrected chi connectivity index (χ4v) is 4.33. The number of hydrogen-bond donors (Lipinski definition) is 0. The Labute approximate surface area is 164 Å². The lowest BCUT2D eigenvalue weighted by molar-refractivity contribution is -0.128. The molecule has 2 aliphatic rings. The summed E-state index contributed by atoms with van der Waals surface area (Å²) in [6.45, 7) is 3.09. The molecule has 0 aliphatic carbocycles. The van der Waals surface area contributed by atoms with E-state index in [2.05, 4.69) is 16.0 Å². The molecule has 1 spiro atoms. The van der Waals surface area contributed by atoms with E-state index in [1.807, 2.05) is 29.2 Å². The predicted octanol–water partition coefficient (Wildman–Crippen LogP) is 3.63. The number of piperidine rings is 1. The van der Waals surface area contributed by atoms with E-state index in [9.17, 15) is 10.1 Å². The van der Waals surface area contributed by atoms with Crippen molar-refractivity contribution in [3.63, 3.8) is 0 Å². The third-order valence-corrected chi connectivity index (χ3v) is 5.97. The summed E-state index contributed by atoms with van der Waals surface area (Å²) in [4.78, 5) is 21.1. The molecule has 2 aromatic rings. The number of rotatable bonds is 3. The number of halogens is 1. The number of amides is 1. The summed E-state index contributed by atoms with van der Waals surface area (Å²) in [5, 5.41) is 10.0. The summed E-state index contributed by atoms with van der Waals surface area (Å²) in [5.74, 6) is 0.992. The van der Waals surface area contributed by atoms with Crippen LogP contribution in [0, 0.1) is 16.7 Å². The van der Waals surface area contributed by atoms with Gasteiger partial charge in [0.1, 0.15) is 11.9 Å². The molecule has 1 aromatic carbocycles. The molecule has 2 aliphatic heterocycles. The van der Waals surface area contributed by atoms with Crippen molar-refractivity contribution in [1.82, 2.24) is 9.88 Å². The first-order valence-corrected chi connectivity index (χ1v) is 9.59. The summed E-state index contributed by atoms with van der Waals surface area (Å²) in [6.07, 6.45) is 4.23. The molecule has 0 N–H and O–H groups in total. The molecule has 0 radical (unpaired) electrons. The van der Waals surface area contributed by atoms with Gasteiger partial charge in [0.25, 0.3) is 0 Å². The van der Waals surface area contributed by atoms with Crippen LogP contribution in [0.3, 0.4) is 0 Å². The minimum absolute atomic E-state index is 0.0432. The highest BCUT2D eigenvalue weighted by Crippen LogP contribution is 2.42. The predicted molar refractivity (Wildman–Crippen MR) is 104 cm³/mol. The van der Waals surface area contributed by atoms with Crippen LogP contribution in [-0.2, 0) is 11.3 Å². The molecule has 0 saturated carbocycles. The quantitative estimate of drug-likeness (QED) is 0.815. The van der Waals surface area contributed by atoms with Gasteiger partial charge in [-0.1, -0.05) is 23.7 Å². The van der Waals surface area contributed by atoms with Crippen LogP contribution >= 0.6 is 11.6 Å². The minimum atomic E-state index is 0.0432. The Hall–Kier alpha value is -2.58. The lowest BCUT2D eigenvalue weighted by Gasteiger charge is -2.39. The fraction of sp³-hybridized carbons (Fsp3) is 0.381. The molecule has 0 atom stereocenters. The van der Waals surface area contributed by atoms with E-state index in [0.717, 1.165) is 43.9 Å². The zero-order chi connectivity index (χ0) is 18.9. The van der Waals surface area contributed by atoms with Crippen LogP contribution in [0.4, 0.5) is 5.82 Å². The molecular formula is C21H21ClN4O. The molecule has 138 valence electrons. The normalized spacial score (nSPS) is 18.7. The molecule has 27 heavy (non-hydrogen) atoms. The van der Waals surface area contributed by atoms with Gasteiger partial charge in [0.15, 0.2) is 0 Å². The van der Waals surface area contributed by atoms with Crippen molar-refractivity contribution in [1.29, 1.82) is 5.26 Å². The van der Waals surface area contributed by atoms with Gasteiger partial charge < -0.3 is 9.80 Å². The van der Waals surface area contributed by atoms with Gasteiger partial charge in [-0.2, -0.15) is 5.26 Å². The van der Waals surface area contributed by atoms with E-state index in [1.54, 1.807) is 18.3 Å². The third kappa shape index (κ3) is 3.63. The number of carbonyl (C=O) groups excluding carboxylic acids is 1. The van der Waals surface area contributed by atoms with Crippen LogP contribution in [0.2, 0.25) is 5.02 Å². The van der Waals surface area contributed by atoms with Crippen molar-refractivity contribution in [2.75, 3.05) is 24.5 Å². The average Bonchev–Trinajstić information content (AvgIpc) is 2.99. The van der Waals surface area contributed by atoms with Gasteiger partial charge in [-0.25, -0.2) is 4.98 Å². The highest BCUT2D eigenvalue weighted by Gasteiger charge is 2.45. The molecule has 1 aromatic heterocycles. The second-order valence-electron chi connectivity index (χ2n) is 7.53. The summed E-state index contributed by atoms with van der Waals surface area (Å²) in [7, 11) is 0. The van der Waals surface area contributed by atoms with Crippen LogP contribution in [0.1, 0.15) is 30.4 Å². The summed E-state index contributed by atoms with van der Waals surface area (Å²) in [5.41, 5.74) is 1.76. The molecule has 0 bridgehead atoms. The smallest absolute Gasteiger partial charge is 0.223 e. The Kier molecular flexibility index (Phi) is 4.75. The van der Waals surface area contributed by atoms with Crippen LogP contribution in [-0.4, -0.2) is 35.4 Å². The maximum Gasteiger partial charge on any atom is 0.223 e. The van der Waals surface area contributed by atoms with Gasteiger partial charge in [-0.3, -0.25) is 4.79 Å². The summed E-state index contributed by atoms with van der Waals surface area (Å²) < 4.78 is 0. The van der Waals surface area contributed by atoms with E-state index in [1.165, 1.54) is 0 Å². The molecule has 0 unspecified atom stereocenters. The Balaban J connectivity index is 1.42. The number of anilines is 1. The second-order valence-corrected chi connectivity index (χ2v) is 7.96. The van der Waals surface area contributed by atoms with Crippen LogP contribution in [0.15, 0.2) is 42.6 Å². The average molecular weight is 381 g/mol. The molecule has 6 heteroatoms. The summed E-state index contributed by atoms with van der Waals surface area (Å²) >= 11 is 5.95. The van der Waals surface area contributed by atoms with Crippen molar-refractivity contribution in [2.45, 2.75) is 25.8 Å². The standard InChI is InChI=1S/C21H21ClN4O/c22-18-5-3-16(4-6-18)14-26-15-21(12-19(26)27)7-10-25(11-8-21)20-17(13-23)2-1-9-24-20/h1-6,9H,7-8,10-12,14-15H2. The molecule has 1 amide bonds. The molecule has 4 rings (SSSR count). The lowest BCUT2D eigenvalue weighted by atomic mass is 9.77. The van der Waals surface area contributed by atoms with E-state index in [4.69, 9.17) is 11.6 Å². The van der Waals surface area contributed by atoms with Crippen molar-refractivity contribution < 1.29 is 4.79 Å². The number of nitriles is 1. The van der Waals surface area contributed by atoms with Gasteiger partial charge in [0, 0.05) is 49.2 Å². The van der Waals surface area contributed by atoms with E-state index < -0.39 is 0 Å². The Bertz CT molecular complexity index is 882.